The number of carboxylic acids is 1. The van der Waals surface area contributed by atoms with Crippen molar-refractivity contribution in [1.29, 1.82) is 0 Å². The monoisotopic (exact) mass is 570 g/mol. The summed E-state index contributed by atoms with van der Waals surface area (Å²) < 4.78 is 62.7. The van der Waals surface area contributed by atoms with Crippen LogP contribution in [-0.2, 0) is 36.0 Å². The van der Waals surface area contributed by atoms with Crippen LogP contribution < -0.4 is 0 Å². The molecule has 3 atom stereocenters. The van der Waals surface area contributed by atoms with Gasteiger partial charge in [-0.05, 0) is 57.1 Å². The van der Waals surface area contributed by atoms with E-state index in [1.165, 1.54) is 0 Å². The number of sulfonamides is 1. The number of hydrogen-bond acceptors (Lipinski definition) is 8. The van der Waals surface area contributed by atoms with Crippen molar-refractivity contribution in [3.63, 3.8) is 0 Å². The van der Waals surface area contributed by atoms with Gasteiger partial charge in [-0.3, -0.25) is 4.79 Å². The predicted octanol–water partition coefficient (Wildman–Crippen LogP) is 3.78. The highest BCUT2D eigenvalue weighted by Gasteiger charge is 2.40. The van der Waals surface area contributed by atoms with Crippen molar-refractivity contribution in [1.82, 2.24) is 9.29 Å². The molecule has 0 saturated heterocycles. The van der Waals surface area contributed by atoms with Gasteiger partial charge in [-0.2, -0.15) is 4.31 Å². The summed E-state index contributed by atoms with van der Waals surface area (Å²) in [6.07, 6.45) is 3.43. The van der Waals surface area contributed by atoms with E-state index in [4.69, 9.17) is 9.15 Å². The van der Waals surface area contributed by atoms with Gasteiger partial charge in [0.2, 0.25) is 15.9 Å². The van der Waals surface area contributed by atoms with Crippen molar-refractivity contribution < 1.29 is 35.9 Å². The third-order valence-electron chi connectivity index (χ3n) is 6.73. The quantitative estimate of drug-likeness (QED) is 0.403. The number of oxazole rings is 1. The van der Waals surface area contributed by atoms with Crippen molar-refractivity contribution in [3.05, 3.63) is 41.3 Å². The van der Waals surface area contributed by atoms with E-state index in [1.54, 1.807) is 13.8 Å². The summed E-state index contributed by atoms with van der Waals surface area (Å²) >= 11 is 0. The molecule has 1 saturated carbocycles. The van der Waals surface area contributed by atoms with Crippen LogP contribution in [0.25, 0.3) is 11.5 Å². The number of aliphatic carboxylic acids is 1. The Bertz CT molecular complexity index is 1320. The number of rotatable bonds is 12. The van der Waals surface area contributed by atoms with E-state index < -0.39 is 42.9 Å². The molecule has 2 aromatic rings. The topological polar surface area (TPSA) is 144 Å². The first-order chi connectivity index (χ1) is 17.7. The summed E-state index contributed by atoms with van der Waals surface area (Å²) in [5.41, 5.74) is 2.69. The lowest BCUT2D eigenvalue weighted by Crippen LogP contribution is -2.51. The van der Waals surface area contributed by atoms with E-state index in [9.17, 15) is 26.7 Å². The lowest BCUT2D eigenvalue weighted by atomic mass is 9.86. The second kappa shape index (κ2) is 12.3. The minimum atomic E-state index is -4.37. The zero-order chi connectivity index (χ0) is 28.3. The van der Waals surface area contributed by atoms with E-state index in [0.29, 0.717) is 30.2 Å². The van der Waals surface area contributed by atoms with Crippen molar-refractivity contribution in [2.45, 2.75) is 72.1 Å². The molecule has 0 radical (unpaired) electrons. The molecule has 10 nitrogen and oxygen atoms in total. The number of aryl methyl sites for hydroxylation is 2. The molecule has 1 fully saturated rings. The van der Waals surface area contributed by atoms with Gasteiger partial charge >= 0.3 is 5.97 Å². The second-order valence-corrected chi connectivity index (χ2v) is 15.0. The maximum Gasteiger partial charge on any atom is 0.322 e. The highest BCUT2D eigenvalue weighted by Crippen LogP contribution is 2.31. The molecule has 2 unspecified atom stereocenters. The molecule has 1 aromatic heterocycles. The smallest absolute Gasteiger partial charge is 0.322 e. The van der Waals surface area contributed by atoms with Crippen LogP contribution in [0.1, 0.15) is 56.5 Å². The van der Waals surface area contributed by atoms with Crippen LogP contribution in [0.3, 0.4) is 0 Å². The molecule has 12 heteroatoms. The first kappa shape index (κ1) is 30.3. The number of ether oxygens (including phenoxy) is 1. The Morgan fingerprint density at radius 1 is 1.16 bits per heavy atom. The van der Waals surface area contributed by atoms with E-state index >= 15 is 0 Å². The van der Waals surface area contributed by atoms with E-state index in [0.717, 1.165) is 34.5 Å². The van der Waals surface area contributed by atoms with Gasteiger partial charge in [0, 0.05) is 18.4 Å². The molecule has 1 heterocycles. The van der Waals surface area contributed by atoms with Gasteiger partial charge in [-0.25, -0.2) is 21.8 Å². The van der Waals surface area contributed by atoms with Gasteiger partial charge in [0.1, 0.15) is 17.5 Å². The van der Waals surface area contributed by atoms with Crippen LogP contribution in [0, 0.1) is 25.7 Å². The Morgan fingerprint density at radius 3 is 2.39 bits per heavy atom. The van der Waals surface area contributed by atoms with E-state index in [-0.39, 0.29) is 25.2 Å². The third-order valence-corrected chi connectivity index (χ3v) is 10.7. The Labute approximate surface area is 225 Å². The van der Waals surface area contributed by atoms with Crippen LogP contribution in [-0.4, -0.2) is 67.2 Å². The highest BCUT2D eigenvalue weighted by molar-refractivity contribution is 8.06. The Kier molecular flexibility index (Phi) is 9.77. The summed E-state index contributed by atoms with van der Waals surface area (Å²) in [5.74, 6) is -0.845. The summed E-state index contributed by atoms with van der Waals surface area (Å²) in [6, 6.07) is 6.51. The molecule has 3 rings (SSSR count). The SMILES string of the molecule is Cc1ccc(-c2nc(COC3CCCC(CN([C@H](C(=O)O)C(C)C)S(=O)(=O)CS(C)(=O)=O)C3)c(C)o2)cc1. The van der Waals surface area contributed by atoms with Gasteiger partial charge < -0.3 is 14.3 Å². The molecular weight excluding hydrogens is 532 g/mol. The lowest BCUT2D eigenvalue weighted by Gasteiger charge is -2.36. The van der Waals surface area contributed by atoms with Gasteiger partial charge in [0.25, 0.3) is 0 Å². The predicted molar refractivity (Wildman–Crippen MR) is 144 cm³/mol. The Morgan fingerprint density at radius 2 is 1.82 bits per heavy atom. The zero-order valence-corrected chi connectivity index (χ0v) is 24.2. The standard InChI is InChI=1S/C26H38N2O8S2/c1-17(2)24(26(29)30)28(38(33,34)16-37(5,31)32)14-20-7-6-8-22(13-20)35-15-23-19(4)36-25(27-23)21-11-9-18(3)10-12-21/h9-12,17,20,22,24H,6-8,13-16H2,1-5H3,(H,29,30)/t20?,22?,24-/m0/s1. The first-order valence-electron chi connectivity index (χ1n) is 12.7. The number of carbonyl (C=O) groups is 1. The van der Waals surface area contributed by atoms with Crippen LogP contribution >= 0.6 is 0 Å². The largest absolute Gasteiger partial charge is 0.480 e. The fourth-order valence-corrected chi connectivity index (χ4v) is 8.69. The summed E-state index contributed by atoms with van der Waals surface area (Å²) in [7, 11) is -8.26. The minimum Gasteiger partial charge on any atom is -0.480 e. The fourth-order valence-electron chi connectivity index (χ4n) is 4.87. The molecule has 0 spiro atoms. The van der Waals surface area contributed by atoms with Gasteiger partial charge in [0.15, 0.2) is 14.9 Å². The molecule has 1 aromatic carbocycles. The van der Waals surface area contributed by atoms with Crippen molar-refractivity contribution in [2.75, 3.05) is 17.9 Å². The van der Waals surface area contributed by atoms with Gasteiger partial charge in [-0.15, -0.1) is 0 Å². The van der Waals surface area contributed by atoms with Gasteiger partial charge in [-0.1, -0.05) is 38.0 Å². The average molecular weight is 571 g/mol. The zero-order valence-electron chi connectivity index (χ0n) is 22.6. The average Bonchev–Trinajstić information content (AvgIpc) is 3.16. The van der Waals surface area contributed by atoms with Crippen LogP contribution in [0.5, 0.6) is 0 Å². The normalized spacial score (nSPS) is 19.7. The number of hydrogen-bond donors (Lipinski definition) is 1. The fraction of sp³-hybridized carbons (Fsp3) is 0.615. The van der Waals surface area contributed by atoms with E-state index in [2.05, 4.69) is 4.98 Å². The van der Waals surface area contributed by atoms with Crippen molar-refractivity contribution in [2.24, 2.45) is 11.8 Å². The Hall–Kier alpha value is -2.28. The lowest BCUT2D eigenvalue weighted by molar-refractivity contribution is -0.143. The molecule has 1 N–H and O–H groups in total. The van der Waals surface area contributed by atoms with Crippen LogP contribution in [0.4, 0.5) is 0 Å². The van der Waals surface area contributed by atoms with Crippen LogP contribution in [0.15, 0.2) is 28.7 Å². The van der Waals surface area contributed by atoms with Crippen molar-refractivity contribution >= 4 is 25.8 Å². The molecule has 0 bridgehead atoms. The molecule has 1 aliphatic rings. The number of sulfone groups is 1. The highest BCUT2D eigenvalue weighted by atomic mass is 32.3. The molecule has 0 amide bonds. The molecule has 212 valence electrons. The minimum absolute atomic E-state index is 0.0760. The van der Waals surface area contributed by atoms with Gasteiger partial charge in [0.05, 0.1) is 12.7 Å². The third kappa shape index (κ3) is 8.11. The van der Waals surface area contributed by atoms with E-state index in [1.807, 2.05) is 38.1 Å². The molecule has 1 aliphatic carbocycles. The number of nitrogens with zero attached hydrogens (tertiary/aromatic N) is 2. The number of benzene rings is 1. The van der Waals surface area contributed by atoms with Crippen LogP contribution in [0.2, 0.25) is 0 Å². The van der Waals surface area contributed by atoms with Crippen molar-refractivity contribution in [3.8, 4) is 11.5 Å². The molecule has 38 heavy (non-hydrogen) atoms. The second-order valence-electron chi connectivity index (χ2n) is 10.6. The maximum atomic E-state index is 13.1. The number of aromatic nitrogens is 1. The Balaban J connectivity index is 1.71. The maximum absolute atomic E-state index is 13.1. The summed E-state index contributed by atoms with van der Waals surface area (Å²) in [4.78, 5) is 16.6. The first-order valence-corrected chi connectivity index (χ1v) is 16.4. The summed E-state index contributed by atoms with van der Waals surface area (Å²) in [6.45, 7) is 7.22. The molecular formula is C26H38N2O8S2. The molecule has 0 aliphatic heterocycles. The summed E-state index contributed by atoms with van der Waals surface area (Å²) in [5, 5.41) is 8.67. The number of carboxylic acid groups (broad SMARTS) is 1.